The molecule has 168 valence electrons. The van der Waals surface area contributed by atoms with Crippen LogP contribution in [-0.2, 0) is 16.0 Å². The molecule has 1 N–H and O–H groups in total. The van der Waals surface area contributed by atoms with E-state index in [1.165, 1.54) is 16.9 Å². The first-order valence-corrected chi connectivity index (χ1v) is 11.7. The van der Waals surface area contributed by atoms with Crippen molar-refractivity contribution in [2.75, 3.05) is 25.0 Å². The zero-order valence-corrected chi connectivity index (χ0v) is 19.9. The molecule has 8 heteroatoms. The van der Waals surface area contributed by atoms with Crippen molar-refractivity contribution in [3.05, 3.63) is 64.1 Å². The number of nitrogens with zero attached hydrogens (tertiary/aromatic N) is 2. The number of carbonyl (C=O) groups is 2. The molecule has 2 amide bonds. The fourth-order valence-electron chi connectivity index (χ4n) is 3.09. The number of amides is 2. The van der Waals surface area contributed by atoms with E-state index in [4.69, 9.17) is 16.3 Å². The number of aryl methyl sites for hydroxylation is 1. The Labute approximate surface area is 197 Å². The molecule has 2 aromatic carbocycles. The van der Waals surface area contributed by atoms with Gasteiger partial charge in [0.25, 0.3) is 5.91 Å². The van der Waals surface area contributed by atoms with Gasteiger partial charge < -0.3 is 15.0 Å². The lowest BCUT2D eigenvalue weighted by Gasteiger charge is -2.19. The minimum Gasteiger partial charge on any atom is -0.482 e. The highest BCUT2D eigenvalue weighted by Crippen LogP contribution is 2.28. The Bertz CT molecular complexity index is 1080. The van der Waals surface area contributed by atoms with Crippen molar-refractivity contribution in [3.63, 3.8) is 0 Å². The van der Waals surface area contributed by atoms with Crippen LogP contribution < -0.4 is 10.1 Å². The highest BCUT2D eigenvalue weighted by atomic mass is 35.5. The third kappa shape index (κ3) is 6.31. The summed E-state index contributed by atoms with van der Waals surface area (Å²) in [6.07, 6.45) is 0.163. The van der Waals surface area contributed by atoms with Crippen LogP contribution in [0.5, 0.6) is 5.75 Å². The van der Waals surface area contributed by atoms with Crippen molar-refractivity contribution >= 4 is 40.4 Å². The molecule has 0 bridgehead atoms. The summed E-state index contributed by atoms with van der Waals surface area (Å²) >= 11 is 7.79. The van der Waals surface area contributed by atoms with Crippen LogP contribution in [0.1, 0.15) is 25.1 Å². The zero-order chi connectivity index (χ0) is 23.1. The highest BCUT2D eigenvalue weighted by Gasteiger charge is 2.13. The third-order valence-electron chi connectivity index (χ3n) is 4.87. The van der Waals surface area contributed by atoms with Gasteiger partial charge in [-0.1, -0.05) is 41.4 Å². The predicted octanol–water partition coefficient (Wildman–Crippen LogP) is 5.20. The largest absolute Gasteiger partial charge is 0.482 e. The van der Waals surface area contributed by atoms with Gasteiger partial charge in [-0.25, -0.2) is 4.98 Å². The Morgan fingerprint density at radius 2 is 1.84 bits per heavy atom. The number of carbonyl (C=O) groups excluding carboxylic acids is 2. The van der Waals surface area contributed by atoms with Crippen LogP contribution in [0.2, 0.25) is 5.02 Å². The molecule has 0 aliphatic rings. The zero-order valence-electron chi connectivity index (χ0n) is 18.4. The summed E-state index contributed by atoms with van der Waals surface area (Å²) in [5.74, 6) is 0.108. The molecule has 1 aromatic heterocycles. The van der Waals surface area contributed by atoms with Gasteiger partial charge in [-0.05, 0) is 39.0 Å². The number of likely N-dealkylation sites (N-methyl/N-ethyl adjacent to an activating group) is 1. The van der Waals surface area contributed by atoms with E-state index in [1.807, 2.05) is 50.4 Å². The molecule has 0 spiro atoms. The Hall–Kier alpha value is -2.90. The van der Waals surface area contributed by atoms with E-state index in [-0.39, 0.29) is 24.8 Å². The van der Waals surface area contributed by atoms with E-state index in [0.29, 0.717) is 35.2 Å². The van der Waals surface area contributed by atoms with Gasteiger partial charge in [-0.2, -0.15) is 0 Å². The lowest BCUT2D eigenvalue weighted by molar-refractivity contribution is -0.133. The lowest BCUT2D eigenvalue weighted by Crippen LogP contribution is -2.34. The van der Waals surface area contributed by atoms with E-state index >= 15 is 0 Å². The van der Waals surface area contributed by atoms with Gasteiger partial charge in [0.05, 0.1) is 17.1 Å². The molecule has 32 heavy (non-hydrogen) atoms. The van der Waals surface area contributed by atoms with Crippen molar-refractivity contribution in [3.8, 4) is 16.3 Å². The van der Waals surface area contributed by atoms with Crippen LogP contribution in [0.4, 0.5) is 5.69 Å². The summed E-state index contributed by atoms with van der Waals surface area (Å²) in [5.41, 5.74) is 3.49. The second-order valence-corrected chi connectivity index (χ2v) is 8.50. The fourth-order valence-corrected chi connectivity index (χ4v) is 4.15. The Balaban J connectivity index is 1.56. The number of nitrogens with one attached hydrogen (secondary N) is 1. The quantitative estimate of drug-likeness (QED) is 0.465. The first-order valence-electron chi connectivity index (χ1n) is 10.4. The van der Waals surface area contributed by atoms with Gasteiger partial charge in [-0.3, -0.25) is 9.59 Å². The van der Waals surface area contributed by atoms with Gasteiger partial charge >= 0.3 is 0 Å². The van der Waals surface area contributed by atoms with E-state index in [9.17, 15) is 9.59 Å². The van der Waals surface area contributed by atoms with Gasteiger partial charge in [0, 0.05) is 29.7 Å². The first-order chi connectivity index (χ1) is 15.4. The van der Waals surface area contributed by atoms with Gasteiger partial charge in [0.2, 0.25) is 5.91 Å². The molecule has 0 fully saturated rings. The number of rotatable bonds is 9. The molecule has 3 rings (SSSR count). The average molecular weight is 472 g/mol. The number of aromatic nitrogens is 1. The topological polar surface area (TPSA) is 71.5 Å². The number of ether oxygens (including phenoxy) is 1. The van der Waals surface area contributed by atoms with Gasteiger partial charge in [0.1, 0.15) is 10.8 Å². The molecule has 0 unspecified atom stereocenters. The number of halogens is 1. The normalized spacial score (nSPS) is 10.6. The molecule has 0 radical (unpaired) electrons. The van der Waals surface area contributed by atoms with E-state index in [1.54, 1.807) is 23.1 Å². The maximum absolute atomic E-state index is 12.5. The van der Waals surface area contributed by atoms with Crippen molar-refractivity contribution in [1.82, 2.24) is 9.88 Å². The summed E-state index contributed by atoms with van der Waals surface area (Å²) in [7, 11) is 0. The van der Waals surface area contributed by atoms with Crippen molar-refractivity contribution in [2.24, 2.45) is 0 Å². The maximum atomic E-state index is 12.5. The van der Waals surface area contributed by atoms with Crippen molar-refractivity contribution in [1.29, 1.82) is 0 Å². The van der Waals surface area contributed by atoms with E-state index in [0.717, 1.165) is 10.6 Å². The summed E-state index contributed by atoms with van der Waals surface area (Å²) in [5, 5.41) is 5.93. The van der Waals surface area contributed by atoms with Crippen LogP contribution in [0.15, 0.2) is 47.8 Å². The second kappa shape index (κ2) is 11.1. The molecule has 0 saturated heterocycles. The van der Waals surface area contributed by atoms with Crippen molar-refractivity contribution < 1.29 is 14.3 Å². The lowest BCUT2D eigenvalue weighted by atomic mass is 10.2. The Kier molecular flexibility index (Phi) is 8.25. The van der Waals surface area contributed by atoms with Crippen LogP contribution >= 0.6 is 22.9 Å². The molecule has 0 aliphatic carbocycles. The SMILES string of the molecule is CCN(CC)C(=O)COc1ccc(NC(=O)Cc2csc(-c3ccc(C)cc3)n2)cc1Cl. The smallest absolute Gasteiger partial charge is 0.260 e. The van der Waals surface area contributed by atoms with Crippen LogP contribution in [-0.4, -0.2) is 41.4 Å². The van der Waals surface area contributed by atoms with E-state index < -0.39 is 0 Å². The molecule has 0 aliphatic heterocycles. The maximum Gasteiger partial charge on any atom is 0.260 e. The highest BCUT2D eigenvalue weighted by molar-refractivity contribution is 7.13. The standard InChI is InChI=1S/C24H26ClN3O3S/c1-4-28(5-2)23(30)14-31-21-11-10-18(12-20(21)25)26-22(29)13-19-15-32-24(27-19)17-8-6-16(3)7-9-17/h6-12,15H,4-5,13-14H2,1-3H3,(H,26,29). The van der Waals surface area contributed by atoms with Crippen molar-refractivity contribution in [2.45, 2.75) is 27.2 Å². The molecule has 0 atom stereocenters. The van der Waals surface area contributed by atoms with E-state index in [2.05, 4.69) is 10.3 Å². The Morgan fingerprint density at radius 1 is 1.12 bits per heavy atom. The fraction of sp³-hybridized carbons (Fsp3) is 0.292. The molecular formula is C24H26ClN3O3S. The monoisotopic (exact) mass is 471 g/mol. The molecular weight excluding hydrogens is 446 g/mol. The minimum absolute atomic E-state index is 0.0831. The van der Waals surface area contributed by atoms with Crippen LogP contribution in [0.3, 0.4) is 0 Å². The summed E-state index contributed by atoms with van der Waals surface area (Å²) in [4.78, 5) is 30.8. The summed E-state index contributed by atoms with van der Waals surface area (Å²) in [6.45, 7) is 7.05. The molecule has 0 saturated carbocycles. The third-order valence-corrected chi connectivity index (χ3v) is 6.11. The molecule has 3 aromatic rings. The second-order valence-electron chi connectivity index (χ2n) is 7.23. The van der Waals surface area contributed by atoms with Crippen LogP contribution in [0, 0.1) is 6.92 Å². The van der Waals surface area contributed by atoms with Crippen LogP contribution in [0.25, 0.3) is 10.6 Å². The summed E-state index contributed by atoms with van der Waals surface area (Å²) in [6, 6.07) is 13.1. The average Bonchev–Trinajstić information content (AvgIpc) is 3.22. The number of anilines is 1. The predicted molar refractivity (Wildman–Crippen MR) is 129 cm³/mol. The number of benzene rings is 2. The number of hydrogen-bond acceptors (Lipinski definition) is 5. The number of hydrogen-bond donors (Lipinski definition) is 1. The Morgan fingerprint density at radius 3 is 2.50 bits per heavy atom. The summed E-state index contributed by atoms with van der Waals surface area (Å²) < 4.78 is 5.55. The first kappa shape index (κ1) is 23.8. The number of thiazole rings is 1. The van der Waals surface area contributed by atoms with Gasteiger partial charge in [-0.15, -0.1) is 11.3 Å². The molecule has 1 heterocycles. The van der Waals surface area contributed by atoms with Gasteiger partial charge in [0.15, 0.2) is 6.61 Å². The minimum atomic E-state index is -0.188. The molecule has 6 nitrogen and oxygen atoms in total.